The highest BCUT2D eigenvalue weighted by Gasteiger charge is 2.06. The summed E-state index contributed by atoms with van der Waals surface area (Å²) in [4.78, 5) is 16.4. The highest BCUT2D eigenvalue weighted by Crippen LogP contribution is 2.23. The molecule has 0 bridgehead atoms. The molecule has 0 heterocycles. The van der Waals surface area contributed by atoms with Crippen molar-refractivity contribution in [2.75, 3.05) is 36.0 Å². The molecule has 0 saturated heterocycles. The summed E-state index contributed by atoms with van der Waals surface area (Å²) in [5, 5.41) is 0. The quantitative estimate of drug-likeness (QED) is 0.265. The van der Waals surface area contributed by atoms with E-state index < -0.39 is 0 Å². The van der Waals surface area contributed by atoms with Gasteiger partial charge in [0, 0.05) is 37.6 Å². The Labute approximate surface area is 195 Å². The molecule has 2 aromatic carbocycles. The van der Waals surface area contributed by atoms with Gasteiger partial charge in [0.2, 0.25) is 0 Å². The van der Waals surface area contributed by atoms with Crippen LogP contribution < -0.4 is 9.80 Å². The molecule has 0 aliphatic carbocycles. The summed E-state index contributed by atoms with van der Waals surface area (Å²) >= 11 is 0. The Kier molecular flexibility index (Phi) is 10.3. The van der Waals surface area contributed by atoms with Crippen LogP contribution in [0.25, 0.3) is 12.2 Å². The van der Waals surface area contributed by atoms with E-state index in [1.165, 1.54) is 28.1 Å². The molecule has 0 amide bonds. The van der Waals surface area contributed by atoms with Crippen LogP contribution in [0.1, 0.15) is 62.8 Å². The molecule has 0 fully saturated rings. The molecule has 0 spiro atoms. The first-order valence-corrected chi connectivity index (χ1v) is 12.0. The Bertz CT molecular complexity index is 934. The number of allylic oxidation sites excluding steroid dienone is 2. The number of anilines is 2. The summed E-state index contributed by atoms with van der Waals surface area (Å²) in [7, 11) is 0. The van der Waals surface area contributed by atoms with Crippen LogP contribution in [-0.4, -0.2) is 32.5 Å². The van der Waals surface area contributed by atoms with Gasteiger partial charge in [0.25, 0.3) is 0 Å². The fourth-order valence-corrected chi connectivity index (χ4v) is 4.06. The van der Waals surface area contributed by atoms with Crippen LogP contribution in [0.15, 0.2) is 48.0 Å². The van der Waals surface area contributed by atoms with Gasteiger partial charge in [-0.3, -0.25) is 4.79 Å². The van der Waals surface area contributed by atoms with Gasteiger partial charge in [-0.25, -0.2) is 0 Å². The van der Waals surface area contributed by atoms with E-state index >= 15 is 0 Å². The van der Waals surface area contributed by atoms with Gasteiger partial charge in [-0.05, 0) is 113 Å². The summed E-state index contributed by atoms with van der Waals surface area (Å²) < 4.78 is 0. The van der Waals surface area contributed by atoms with Crippen molar-refractivity contribution in [3.8, 4) is 0 Å². The topological polar surface area (TPSA) is 23.6 Å². The van der Waals surface area contributed by atoms with Gasteiger partial charge in [-0.2, -0.15) is 0 Å². The molecule has 0 saturated carbocycles. The Morgan fingerprint density at radius 3 is 1.72 bits per heavy atom. The van der Waals surface area contributed by atoms with Crippen molar-refractivity contribution in [1.82, 2.24) is 0 Å². The van der Waals surface area contributed by atoms with Crippen LogP contribution in [0.3, 0.4) is 0 Å². The Balaban J connectivity index is 2.04. The van der Waals surface area contributed by atoms with Gasteiger partial charge in [-0.1, -0.05) is 24.3 Å². The smallest absolute Gasteiger partial charge is 0.146 e. The zero-order valence-electron chi connectivity index (χ0n) is 20.8. The number of hydrogen-bond donors (Lipinski definition) is 0. The average molecular weight is 433 g/mol. The Hall–Kier alpha value is -2.81. The number of aryl methyl sites for hydroxylation is 2. The van der Waals surface area contributed by atoms with Crippen molar-refractivity contribution in [1.29, 1.82) is 0 Å². The van der Waals surface area contributed by atoms with Crippen molar-refractivity contribution in [3.05, 3.63) is 70.3 Å². The van der Waals surface area contributed by atoms with Crippen molar-refractivity contribution >= 4 is 29.8 Å². The fraction of sp³-hybridized carbons (Fsp3) is 0.414. The second-order valence-electron chi connectivity index (χ2n) is 8.20. The maximum absolute atomic E-state index is 11.7. The molecular weight excluding hydrogens is 392 g/mol. The van der Waals surface area contributed by atoms with Gasteiger partial charge in [0.15, 0.2) is 0 Å². The van der Waals surface area contributed by atoms with E-state index in [2.05, 4.69) is 99.9 Å². The lowest BCUT2D eigenvalue weighted by Crippen LogP contribution is -2.21. The number of aldehydes is 1. The lowest BCUT2D eigenvalue weighted by atomic mass is 10.0. The highest BCUT2D eigenvalue weighted by atomic mass is 16.1. The van der Waals surface area contributed by atoms with E-state index in [0.29, 0.717) is 0 Å². The molecule has 0 unspecified atom stereocenters. The minimum atomic E-state index is 0.744. The molecule has 0 aromatic heterocycles. The Morgan fingerprint density at radius 1 is 0.781 bits per heavy atom. The monoisotopic (exact) mass is 432 g/mol. The largest absolute Gasteiger partial charge is 0.372 e. The second-order valence-corrected chi connectivity index (χ2v) is 8.20. The molecule has 0 radical (unpaired) electrons. The maximum Gasteiger partial charge on any atom is 0.146 e. The first-order valence-electron chi connectivity index (χ1n) is 12.0. The number of nitrogens with zero attached hydrogens (tertiary/aromatic N) is 2. The minimum Gasteiger partial charge on any atom is -0.372 e. The molecule has 32 heavy (non-hydrogen) atoms. The van der Waals surface area contributed by atoms with Crippen molar-refractivity contribution < 1.29 is 4.79 Å². The molecule has 0 N–H and O–H groups in total. The minimum absolute atomic E-state index is 0.744. The van der Waals surface area contributed by atoms with E-state index in [9.17, 15) is 4.79 Å². The van der Waals surface area contributed by atoms with Crippen LogP contribution >= 0.6 is 0 Å². The molecule has 3 heteroatoms. The predicted octanol–water partition coefficient (Wildman–Crippen LogP) is 7.07. The van der Waals surface area contributed by atoms with Gasteiger partial charge in [0.1, 0.15) is 6.29 Å². The lowest BCUT2D eigenvalue weighted by Gasteiger charge is -2.22. The summed E-state index contributed by atoms with van der Waals surface area (Å²) in [6.07, 6.45) is 8.97. The molecular formula is C29H40N2O. The molecule has 0 aliphatic heterocycles. The van der Waals surface area contributed by atoms with E-state index in [0.717, 1.165) is 56.4 Å². The average Bonchev–Trinajstić information content (AvgIpc) is 2.80. The number of carbonyl (C=O) groups is 1. The standard InChI is InChI=1S/C29H40N2O/c1-7-30(8-2)28-17-15-26(23(5)19-28)14-12-11-13-25(22-32)21-27-16-18-29(20-24(27)6)31(9-3)10-4/h12,14-22H,7-11,13H2,1-6H3/b14-12-,25-21?. The lowest BCUT2D eigenvalue weighted by molar-refractivity contribution is -0.104. The van der Waals surface area contributed by atoms with Crippen molar-refractivity contribution in [2.24, 2.45) is 0 Å². The van der Waals surface area contributed by atoms with Gasteiger partial charge in [-0.15, -0.1) is 0 Å². The van der Waals surface area contributed by atoms with Gasteiger partial charge < -0.3 is 9.80 Å². The molecule has 0 atom stereocenters. The van der Waals surface area contributed by atoms with E-state index in [1.807, 2.05) is 6.08 Å². The van der Waals surface area contributed by atoms with E-state index in [4.69, 9.17) is 0 Å². The van der Waals surface area contributed by atoms with E-state index in [1.54, 1.807) is 0 Å². The highest BCUT2D eigenvalue weighted by molar-refractivity contribution is 5.82. The normalized spacial score (nSPS) is 11.8. The molecule has 0 aliphatic rings. The number of rotatable bonds is 12. The van der Waals surface area contributed by atoms with Crippen molar-refractivity contribution in [3.63, 3.8) is 0 Å². The predicted molar refractivity (Wildman–Crippen MR) is 142 cm³/mol. The van der Waals surface area contributed by atoms with Crippen LogP contribution in [-0.2, 0) is 4.79 Å². The first-order chi connectivity index (χ1) is 15.5. The van der Waals surface area contributed by atoms with Crippen LogP contribution in [0, 0.1) is 13.8 Å². The van der Waals surface area contributed by atoms with Gasteiger partial charge in [0.05, 0.1) is 0 Å². The molecule has 172 valence electrons. The third kappa shape index (κ3) is 6.85. The van der Waals surface area contributed by atoms with Crippen LogP contribution in [0.5, 0.6) is 0 Å². The number of benzene rings is 2. The third-order valence-corrected chi connectivity index (χ3v) is 6.15. The first kappa shape index (κ1) is 25.5. The van der Waals surface area contributed by atoms with Crippen LogP contribution in [0.2, 0.25) is 0 Å². The van der Waals surface area contributed by atoms with E-state index in [-0.39, 0.29) is 0 Å². The zero-order chi connectivity index (χ0) is 23.5. The molecule has 2 rings (SSSR count). The Morgan fingerprint density at radius 2 is 1.28 bits per heavy atom. The molecule has 2 aromatic rings. The summed E-state index contributed by atoms with van der Waals surface area (Å²) in [6.45, 7) is 17.0. The fourth-order valence-electron chi connectivity index (χ4n) is 4.06. The SMILES string of the molecule is CCN(CC)c1ccc(C=C(C=O)CC/C=C\c2ccc(N(CC)CC)cc2C)c(C)c1. The maximum atomic E-state index is 11.7. The number of hydrogen-bond acceptors (Lipinski definition) is 3. The summed E-state index contributed by atoms with van der Waals surface area (Å²) in [5.41, 5.74) is 8.19. The summed E-state index contributed by atoms with van der Waals surface area (Å²) in [5.74, 6) is 0. The van der Waals surface area contributed by atoms with Crippen LogP contribution in [0.4, 0.5) is 11.4 Å². The zero-order valence-corrected chi connectivity index (χ0v) is 20.8. The van der Waals surface area contributed by atoms with Gasteiger partial charge >= 0.3 is 0 Å². The third-order valence-electron chi connectivity index (χ3n) is 6.15. The molecule has 3 nitrogen and oxygen atoms in total. The second kappa shape index (κ2) is 12.9. The van der Waals surface area contributed by atoms with Crippen molar-refractivity contribution in [2.45, 2.75) is 54.4 Å². The summed E-state index contributed by atoms with van der Waals surface area (Å²) in [6, 6.07) is 13.1. The number of carbonyl (C=O) groups excluding carboxylic acids is 1.